The molecule has 7 nitrogen and oxygen atoms in total. The summed E-state index contributed by atoms with van der Waals surface area (Å²) in [4.78, 5) is 18.2. The van der Waals surface area contributed by atoms with Gasteiger partial charge in [0.15, 0.2) is 17.5 Å². The lowest BCUT2D eigenvalue weighted by molar-refractivity contribution is -0.122. The Morgan fingerprint density at radius 2 is 1.68 bits per heavy atom. The number of guanidine groups is 1. The normalized spacial score (nSPS) is 11.2. The summed E-state index contributed by atoms with van der Waals surface area (Å²) in [5.74, 6) is 2.68. The summed E-state index contributed by atoms with van der Waals surface area (Å²) >= 11 is 0. The van der Waals surface area contributed by atoms with Crippen LogP contribution >= 0.6 is 24.0 Å². The van der Waals surface area contributed by atoms with Crippen LogP contribution in [0.4, 0.5) is 0 Å². The lowest BCUT2D eigenvalue weighted by Crippen LogP contribution is -2.48. The molecule has 0 heterocycles. The maximum atomic E-state index is 12.1. The molecule has 1 amide bonds. The van der Waals surface area contributed by atoms with Crippen molar-refractivity contribution in [1.82, 2.24) is 15.5 Å². The average Bonchev–Trinajstić information content (AvgIpc) is 2.68. The number of rotatable bonds is 7. The highest BCUT2D eigenvalue weighted by Gasteiger charge is 2.16. The summed E-state index contributed by atoms with van der Waals surface area (Å²) < 4.78 is 11.2. The quantitative estimate of drug-likeness (QED) is 0.315. The van der Waals surface area contributed by atoms with Gasteiger partial charge in [0.25, 0.3) is 0 Å². The first-order chi connectivity index (χ1) is 14.2. The monoisotopic (exact) mass is 540 g/mol. The van der Waals surface area contributed by atoms with E-state index in [0.29, 0.717) is 24.0 Å². The molecule has 2 aromatic carbocycles. The van der Waals surface area contributed by atoms with E-state index >= 15 is 0 Å². The summed E-state index contributed by atoms with van der Waals surface area (Å²) in [7, 11) is 5.15. The second-order valence-corrected chi connectivity index (χ2v) is 7.95. The molecule has 0 radical (unpaired) electrons. The van der Waals surface area contributed by atoms with Crippen molar-refractivity contribution in [3.8, 4) is 17.2 Å². The largest absolute Gasteiger partial charge is 0.493 e. The molecule has 0 aromatic heterocycles. The van der Waals surface area contributed by atoms with Gasteiger partial charge in [-0.15, -0.1) is 24.0 Å². The topological polar surface area (TPSA) is 75.2 Å². The number of halogens is 1. The van der Waals surface area contributed by atoms with Gasteiger partial charge in [0.05, 0.1) is 13.7 Å². The van der Waals surface area contributed by atoms with Crippen molar-refractivity contribution in [2.45, 2.75) is 32.9 Å². The van der Waals surface area contributed by atoms with Crippen molar-refractivity contribution in [3.63, 3.8) is 0 Å². The summed E-state index contributed by atoms with van der Waals surface area (Å²) in [5, 5.41) is 6.23. The Kier molecular flexibility index (Phi) is 10.6. The van der Waals surface area contributed by atoms with Gasteiger partial charge in [-0.25, -0.2) is 0 Å². The summed E-state index contributed by atoms with van der Waals surface area (Å²) in [6.45, 7) is 6.67. The van der Waals surface area contributed by atoms with Crippen LogP contribution in [-0.2, 0) is 11.3 Å². The van der Waals surface area contributed by atoms with E-state index in [9.17, 15) is 4.79 Å². The van der Waals surface area contributed by atoms with Crippen LogP contribution in [0.15, 0.2) is 53.5 Å². The van der Waals surface area contributed by atoms with E-state index < -0.39 is 0 Å². The number of benzene rings is 2. The molecule has 0 aliphatic heterocycles. The van der Waals surface area contributed by atoms with Crippen LogP contribution in [-0.4, -0.2) is 50.1 Å². The Bertz CT molecular complexity index is 864. The van der Waals surface area contributed by atoms with Crippen LogP contribution < -0.4 is 20.1 Å². The van der Waals surface area contributed by atoms with Crippen molar-refractivity contribution in [1.29, 1.82) is 0 Å². The van der Waals surface area contributed by atoms with Gasteiger partial charge >= 0.3 is 0 Å². The number of nitrogens with zero attached hydrogens (tertiary/aromatic N) is 2. The Labute approximate surface area is 202 Å². The van der Waals surface area contributed by atoms with Gasteiger partial charge < -0.3 is 25.0 Å². The predicted octanol–water partition coefficient (Wildman–Crippen LogP) is 4.03. The van der Waals surface area contributed by atoms with Crippen molar-refractivity contribution < 1.29 is 14.3 Å². The molecule has 0 saturated heterocycles. The molecule has 0 unspecified atom stereocenters. The molecule has 8 heteroatoms. The van der Waals surface area contributed by atoms with Crippen LogP contribution in [0.1, 0.15) is 26.3 Å². The zero-order chi connectivity index (χ0) is 22.1. The van der Waals surface area contributed by atoms with Gasteiger partial charge in [-0.1, -0.05) is 24.3 Å². The number of hydrogen-bond donors (Lipinski definition) is 2. The number of ether oxygens (including phenoxy) is 2. The maximum Gasteiger partial charge on any atom is 0.240 e. The van der Waals surface area contributed by atoms with Crippen LogP contribution in [0.25, 0.3) is 0 Å². The fourth-order valence-corrected chi connectivity index (χ4v) is 2.82. The fourth-order valence-electron chi connectivity index (χ4n) is 2.82. The Morgan fingerprint density at radius 1 is 1.06 bits per heavy atom. The second kappa shape index (κ2) is 12.4. The number of hydrogen-bond acceptors (Lipinski definition) is 4. The van der Waals surface area contributed by atoms with E-state index in [-0.39, 0.29) is 42.0 Å². The lowest BCUT2D eigenvalue weighted by atomic mass is 10.1. The first-order valence-electron chi connectivity index (χ1n) is 9.84. The highest BCUT2D eigenvalue weighted by Crippen LogP contribution is 2.30. The maximum absolute atomic E-state index is 12.1. The number of carbonyl (C=O) groups excluding carboxylic acids is 1. The number of aliphatic imine (C=N–C) groups is 1. The van der Waals surface area contributed by atoms with Crippen molar-refractivity contribution in [2.24, 2.45) is 4.99 Å². The van der Waals surface area contributed by atoms with Gasteiger partial charge in [-0.3, -0.25) is 9.79 Å². The van der Waals surface area contributed by atoms with E-state index in [2.05, 4.69) is 15.6 Å². The van der Waals surface area contributed by atoms with Gasteiger partial charge in [0.1, 0.15) is 5.75 Å². The van der Waals surface area contributed by atoms with Gasteiger partial charge in [0, 0.05) is 26.2 Å². The molecule has 2 N–H and O–H groups in total. The number of carbonyl (C=O) groups is 1. The second-order valence-electron chi connectivity index (χ2n) is 7.95. The highest BCUT2D eigenvalue weighted by molar-refractivity contribution is 14.0. The zero-order valence-electron chi connectivity index (χ0n) is 19.1. The first-order valence-corrected chi connectivity index (χ1v) is 9.84. The average molecular weight is 540 g/mol. The number of para-hydroxylation sites is 2. The van der Waals surface area contributed by atoms with Gasteiger partial charge in [-0.2, -0.15) is 0 Å². The zero-order valence-corrected chi connectivity index (χ0v) is 21.4. The van der Waals surface area contributed by atoms with Crippen molar-refractivity contribution in [3.05, 3.63) is 54.1 Å². The fraction of sp³-hybridized carbons (Fsp3) is 0.391. The minimum atomic E-state index is -0.261. The third-order valence-electron chi connectivity index (χ3n) is 4.14. The summed E-state index contributed by atoms with van der Waals surface area (Å²) in [6.07, 6.45) is 0. The number of likely N-dealkylation sites (N-methyl/N-ethyl adjacent to an activating group) is 1. The molecule has 31 heavy (non-hydrogen) atoms. The SMILES string of the molecule is CN=C(NCc1ccc(Oc2ccccc2OC)cc1)N(C)CC(=O)NC(C)(C)C.I. The Balaban J connectivity index is 0.00000480. The van der Waals surface area contributed by atoms with E-state index in [4.69, 9.17) is 9.47 Å². The van der Waals surface area contributed by atoms with Gasteiger partial charge in [0.2, 0.25) is 5.91 Å². The molecule has 2 aromatic rings. The molecule has 0 fully saturated rings. The summed E-state index contributed by atoms with van der Waals surface area (Å²) in [5.41, 5.74) is 0.804. The predicted molar refractivity (Wildman–Crippen MR) is 136 cm³/mol. The van der Waals surface area contributed by atoms with Crippen molar-refractivity contribution >= 4 is 35.8 Å². The third kappa shape index (κ3) is 9.04. The van der Waals surface area contributed by atoms with Crippen LogP contribution in [0.5, 0.6) is 17.2 Å². The molecule has 0 aliphatic rings. The number of methoxy groups -OCH3 is 1. The van der Waals surface area contributed by atoms with E-state index in [1.54, 1.807) is 19.1 Å². The smallest absolute Gasteiger partial charge is 0.240 e. The van der Waals surface area contributed by atoms with E-state index in [1.807, 2.05) is 76.3 Å². The molecule has 0 saturated carbocycles. The van der Waals surface area contributed by atoms with Crippen LogP contribution in [0.2, 0.25) is 0 Å². The lowest BCUT2D eigenvalue weighted by Gasteiger charge is -2.25. The third-order valence-corrected chi connectivity index (χ3v) is 4.14. The molecule has 2 rings (SSSR count). The van der Waals surface area contributed by atoms with Crippen molar-refractivity contribution in [2.75, 3.05) is 27.7 Å². The summed E-state index contributed by atoms with van der Waals surface area (Å²) in [6, 6.07) is 15.3. The van der Waals surface area contributed by atoms with Gasteiger partial charge in [-0.05, 0) is 50.6 Å². The minimum Gasteiger partial charge on any atom is -0.493 e. The number of amides is 1. The van der Waals surface area contributed by atoms with E-state index in [1.165, 1.54) is 0 Å². The molecule has 0 aliphatic carbocycles. The minimum absolute atomic E-state index is 0. The molecular weight excluding hydrogens is 507 g/mol. The van der Waals surface area contributed by atoms with Crippen LogP contribution in [0.3, 0.4) is 0 Å². The van der Waals surface area contributed by atoms with E-state index in [0.717, 1.165) is 11.3 Å². The molecule has 0 spiro atoms. The first kappa shape index (κ1) is 26.5. The standard InChI is InChI=1S/C23H32N4O3.HI/c1-23(2,3)26-21(28)16-27(5)22(24-4)25-15-17-11-13-18(14-12-17)30-20-10-8-7-9-19(20)29-6;/h7-14H,15-16H2,1-6H3,(H,24,25)(H,26,28);1H. The molecule has 0 bridgehead atoms. The van der Waals surface area contributed by atoms with Crippen LogP contribution in [0, 0.1) is 0 Å². The number of nitrogens with one attached hydrogen (secondary N) is 2. The molecular formula is C23H33IN4O3. The molecule has 0 atom stereocenters. The molecule has 170 valence electrons. The Morgan fingerprint density at radius 3 is 2.23 bits per heavy atom. The highest BCUT2D eigenvalue weighted by atomic mass is 127. The Hall–Kier alpha value is -2.49.